The zero-order valence-electron chi connectivity index (χ0n) is 10.5. The first kappa shape index (κ1) is 11.5. The molecule has 0 atom stereocenters. The van der Waals surface area contributed by atoms with Gasteiger partial charge in [-0.25, -0.2) is 0 Å². The quantitative estimate of drug-likeness (QED) is 0.735. The van der Waals surface area contributed by atoms with Crippen molar-refractivity contribution < 1.29 is 4.79 Å². The summed E-state index contributed by atoms with van der Waals surface area (Å²) in [5.41, 5.74) is 3.09. The summed E-state index contributed by atoms with van der Waals surface area (Å²) in [7, 11) is 0. The van der Waals surface area contributed by atoms with Gasteiger partial charge in [-0.05, 0) is 31.2 Å². The number of anilines is 1. The summed E-state index contributed by atoms with van der Waals surface area (Å²) < 4.78 is 0. The van der Waals surface area contributed by atoms with Gasteiger partial charge in [0.1, 0.15) is 0 Å². The van der Waals surface area contributed by atoms with Gasteiger partial charge in [0.2, 0.25) is 0 Å². The SMILES string of the molecule is Cc1ccc(NC(=O)c2cccc3cc[nH]c23)cn1. The fourth-order valence-corrected chi connectivity index (χ4v) is 2.01. The lowest BCUT2D eigenvalue weighted by atomic mass is 10.1. The monoisotopic (exact) mass is 251 g/mol. The van der Waals surface area contributed by atoms with Crippen LogP contribution in [0.3, 0.4) is 0 Å². The molecule has 19 heavy (non-hydrogen) atoms. The first-order valence-corrected chi connectivity index (χ1v) is 6.04. The van der Waals surface area contributed by atoms with Gasteiger partial charge in [-0.3, -0.25) is 9.78 Å². The number of fused-ring (bicyclic) bond motifs is 1. The first-order valence-electron chi connectivity index (χ1n) is 6.04. The highest BCUT2D eigenvalue weighted by Gasteiger charge is 2.10. The molecule has 0 saturated carbocycles. The minimum absolute atomic E-state index is 0.140. The largest absolute Gasteiger partial charge is 0.361 e. The number of nitrogens with zero attached hydrogens (tertiary/aromatic N) is 1. The number of H-pyrrole nitrogens is 1. The lowest BCUT2D eigenvalue weighted by Crippen LogP contribution is -2.12. The molecule has 0 saturated heterocycles. The Morgan fingerprint density at radius 2 is 2.11 bits per heavy atom. The Labute approximate surface area is 110 Å². The molecule has 4 heteroatoms. The lowest BCUT2D eigenvalue weighted by molar-refractivity contribution is 0.102. The van der Waals surface area contributed by atoms with Gasteiger partial charge in [-0.1, -0.05) is 12.1 Å². The molecule has 94 valence electrons. The summed E-state index contributed by atoms with van der Waals surface area (Å²) in [6.07, 6.45) is 3.48. The zero-order chi connectivity index (χ0) is 13.2. The Morgan fingerprint density at radius 1 is 1.21 bits per heavy atom. The second kappa shape index (κ2) is 4.57. The Hall–Kier alpha value is -2.62. The lowest BCUT2D eigenvalue weighted by Gasteiger charge is -2.06. The summed E-state index contributed by atoms with van der Waals surface area (Å²) >= 11 is 0. The molecule has 0 unspecified atom stereocenters. The number of nitrogens with one attached hydrogen (secondary N) is 2. The van der Waals surface area contributed by atoms with Gasteiger partial charge < -0.3 is 10.3 Å². The van der Waals surface area contributed by atoms with Crippen LogP contribution in [-0.2, 0) is 0 Å². The average molecular weight is 251 g/mol. The molecule has 2 aromatic heterocycles. The standard InChI is InChI=1S/C15H13N3O/c1-10-5-6-12(9-17-10)18-15(19)13-4-2-3-11-7-8-16-14(11)13/h2-9,16H,1H3,(H,18,19). The van der Waals surface area contributed by atoms with Crippen LogP contribution in [0, 0.1) is 6.92 Å². The number of aryl methyl sites for hydroxylation is 1. The van der Waals surface area contributed by atoms with Crippen LogP contribution in [0.25, 0.3) is 10.9 Å². The molecule has 2 N–H and O–H groups in total. The van der Waals surface area contributed by atoms with E-state index in [1.807, 2.05) is 43.5 Å². The van der Waals surface area contributed by atoms with Gasteiger partial charge in [0.25, 0.3) is 5.91 Å². The number of amides is 1. The predicted molar refractivity (Wildman–Crippen MR) is 75.2 cm³/mol. The molecule has 4 nitrogen and oxygen atoms in total. The van der Waals surface area contributed by atoms with Gasteiger partial charge in [0.15, 0.2) is 0 Å². The van der Waals surface area contributed by atoms with E-state index in [1.54, 1.807) is 12.3 Å². The van der Waals surface area contributed by atoms with Crippen LogP contribution >= 0.6 is 0 Å². The fraction of sp³-hybridized carbons (Fsp3) is 0.0667. The summed E-state index contributed by atoms with van der Waals surface area (Å²) in [4.78, 5) is 19.5. The van der Waals surface area contributed by atoms with E-state index in [0.29, 0.717) is 11.3 Å². The Kier molecular flexibility index (Phi) is 2.76. The van der Waals surface area contributed by atoms with Crippen molar-refractivity contribution in [1.82, 2.24) is 9.97 Å². The topological polar surface area (TPSA) is 57.8 Å². The maximum atomic E-state index is 12.3. The molecule has 0 aliphatic rings. The molecule has 0 fully saturated rings. The van der Waals surface area contributed by atoms with Crippen LogP contribution < -0.4 is 5.32 Å². The van der Waals surface area contributed by atoms with Gasteiger partial charge in [-0.2, -0.15) is 0 Å². The highest BCUT2D eigenvalue weighted by molar-refractivity contribution is 6.11. The predicted octanol–water partition coefficient (Wildman–Crippen LogP) is 3.12. The van der Waals surface area contributed by atoms with Crippen molar-refractivity contribution >= 4 is 22.5 Å². The summed E-state index contributed by atoms with van der Waals surface area (Å²) in [5.74, 6) is -0.140. The molecule has 0 bridgehead atoms. The first-order chi connectivity index (χ1) is 9.24. The van der Waals surface area contributed by atoms with Crippen molar-refractivity contribution in [2.24, 2.45) is 0 Å². The van der Waals surface area contributed by atoms with Gasteiger partial charge in [0.05, 0.1) is 23.0 Å². The molecule has 2 heterocycles. The summed E-state index contributed by atoms with van der Waals surface area (Å²) in [6, 6.07) is 11.3. The van der Waals surface area contributed by atoms with E-state index >= 15 is 0 Å². The third-order valence-electron chi connectivity index (χ3n) is 3.00. The van der Waals surface area contributed by atoms with Crippen molar-refractivity contribution in [1.29, 1.82) is 0 Å². The van der Waals surface area contributed by atoms with Crippen LogP contribution in [0.1, 0.15) is 16.1 Å². The van der Waals surface area contributed by atoms with E-state index in [1.165, 1.54) is 0 Å². The number of pyridine rings is 1. The van der Waals surface area contributed by atoms with Crippen LogP contribution in [0.4, 0.5) is 5.69 Å². The summed E-state index contributed by atoms with van der Waals surface area (Å²) in [6.45, 7) is 1.91. The average Bonchev–Trinajstić information content (AvgIpc) is 2.89. The van der Waals surface area contributed by atoms with Crippen molar-refractivity contribution in [3.8, 4) is 0 Å². The van der Waals surface area contributed by atoms with E-state index in [4.69, 9.17) is 0 Å². The third-order valence-corrected chi connectivity index (χ3v) is 3.00. The van der Waals surface area contributed by atoms with Gasteiger partial charge in [0, 0.05) is 17.3 Å². The molecular weight excluding hydrogens is 238 g/mol. The van der Waals surface area contributed by atoms with E-state index in [-0.39, 0.29) is 5.91 Å². The highest BCUT2D eigenvalue weighted by Crippen LogP contribution is 2.18. The van der Waals surface area contributed by atoms with Crippen LogP contribution in [-0.4, -0.2) is 15.9 Å². The molecule has 0 spiro atoms. The van der Waals surface area contributed by atoms with E-state index in [2.05, 4.69) is 15.3 Å². The number of hydrogen-bond acceptors (Lipinski definition) is 2. The maximum absolute atomic E-state index is 12.3. The highest BCUT2D eigenvalue weighted by atomic mass is 16.1. The Balaban J connectivity index is 1.92. The molecule has 1 amide bonds. The Bertz CT molecular complexity index is 728. The van der Waals surface area contributed by atoms with Gasteiger partial charge >= 0.3 is 0 Å². The maximum Gasteiger partial charge on any atom is 0.257 e. The zero-order valence-corrected chi connectivity index (χ0v) is 10.5. The molecule has 0 radical (unpaired) electrons. The fourth-order valence-electron chi connectivity index (χ4n) is 2.01. The van der Waals surface area contributed by atoms with Crippen LogP contribution in [0.5, 0.6) is 0 Å². The normalized spacial score (nSPS) is 10.6. The minimum atomic E-state index is -0.140. The second-order valence-corrected chi connectivity index (χ2v) is 4.39. The molecule has 0 aliphatic heterocycles. The number of carbonyl (C=O) groups excluding carboxylic acids is 1. The molecular formula is C15H13N3O. The molecule has 0 aliphatic carbocycles. The minimum Gasteiger partial charge on any atom is -0.361 e. The second-order valence-electron chi connectivity index (χ2n) is 4.39. The Morgan fingerprint density at radius 3 is 2.89 bits per heavy atom. The number of benzene rings is 1. The third kappa shape index (κ3) is 2.20. The molecule has 3 aromatic rings. The van der Waals surface area contributed by atoms with Crippen molar-refractivity contribution in [3.63, 3.8) is 0 Å². The number of rotatable bonds is 2. The number of para-hydroxylation sites is 1. The smallest absolute Gasteiger partial charge is 0.257 e. The van der Waals surface area contributed by atoms with E-state index in [0.717, 1.165) is 16.6 Å². The van der Waals surface area contributed by atoms with Crippen LogP contribution in [0.15, 0.2) is 48.8 Å². The number of hydrogen-bond donors (Lipinski definition) is 2. The van der Waals surface area contributed by atoms with Gasteiger partial charge in [-0.15, -0.1) is 0 Å². The van der Waals surface area contributed by atoms with Crippen molar-refractivity contribution in [3.05, 3.63) is 60.0 Å². The summed E-state index contributed by atoms with van der Waals surface area (Å²) in [5, 5.41) is 3.87. The molecule has 3 rings (SSSR count). The number of aromatic nitrogens is 2. The van der Waals surface area contributed by atoms with Crippen molar-refractivity contribution in [2.75, 3.05) is 5.32 Å². The van der Waals surface area contributed by atoms with Crippen molar-refractivity contribution in [2.45, 2.75) is 6.92 Å². The molecule has 1 aromatic carbocycles. The van der Waals surface area contributed by atoms with E-state index < -0.39 is 0 Å². The number of aromatic amines is 1. The van der Waals surface area contributed by atoms with Crippen LogP contribution in [0.2, 0.25) is 0 Å². The number of carbonyl (C=O) groups is 1. The van der Waals surface area contributed by atoms with E-state index in [9.17, 15) is 4.79 Å².